The molecule has 1 aliphatic carbocycles. The highest BCUT2D eigenvalue weighted by molar-refractivity contribution is 5.31. The maximum atomic E-state index is 15.3. The van der Waals surface area contributed by atoms with Crippen LogP contribution in [0.15, 0.2) is 42.5 Å². The summed E-state index contributed by atoms with van der Waals surface area (Å²) < 4.78 is 15.3. The first-order valence-corrected chi connectivity index (χ1v) is 13.1. The van der Waals surface area contributed by atoms with Crippen LogP contribution in [0, 0.1) is 11.7 Å². The Morgan fingerprint density at radius 3 is 2.03 bits per heavy atom. The molecule has 0 bridgehead atoms. The highest BCUT2D eigenvalue weighted by atomic mass is 19.1. The van der Waals surface area contributed by atoms with Crippen LogP contribution in [0.5, 0.6) is 0 Å². The number of rotatable bonds is 12. The summed E-state index contributed by atoms with van der Waals surface area (Å²) in [6, 6.07) is 15.1. The fourth-order valence-electron chi connectivity index (χ4n) is 5.28. The largest absolute Gasteiger partial charge is 0.206 e. The number of unbranched alkanes of at least 4 members (excludes halogenated alkanes) is 4. The minimum absolute atomic E-state index is 0.0770. The minimum atomic E-state index is 0.0770. The van der Waals surface area contributed by atoms with E-state index in [2.05, 4.69) is 44.2 Å². The van der Waals surface area contributed by atoms with Gasteiger partial charge in [0.25, 0.3) is 0 Å². The van der Waals surface area contributed by atoms with Crippen molar-refractivity contribution in [1.82, 2.24) is 0 Å². The van der Waals surface area contributed by atoms with Crippen molar-refractivity contribution in [2.75, 3.05) is 0 Å². The molecule has 0 unspecified atom stereocenters. The van der Waals surface area contributed by atoms with Crippen LogP contribution in [-0.2, 0) is 19.3 Å². The average Bonchev–Trinajstić information content (AvgIpc) is 2.80. The van der Waals surface area contributed by atoms with Crippen molar-refractivity contribution >= 4 is 0 Å². The van der Waals surface area contributed by atoms with Gasteiger partial charge < -0.3 is 0 Å². The van der Waals surface area contributed by atoms with Crippen molar-refractivity contribution in [2.45, 2.75) is 110 Å². The molecule has 170 valence electrons. The van der Waals surface area contributed by atoms with E-state index in [4.69, 9.17) is 0 Å². The van der Waals surface area contributed by atoms with Gasteiger partial charge in [0.15, 0.2) is 0 Å². The lowest BCUT2D eigenvalue weighted by molar-refractivity contribution is 0.299. The van der Waals surface area contributed by atoms with E-state index in [-0.39, 0.29) is 5.82 Å². The van der Waals surface area contributed by atoms with E-state index in [1.165, 1.54) is 75.3 Å². The first-order valence-electron chi connectivity index (χ1n) is 13.1. The van der Waals surface area contributed by atoms with Crippen molar-refractivity contribution in [1.29, 1.82) is 0 Å². The van der Waals surface area contributed by atoms with E-state index in [9.17, 15) is 0 Å². The molecule has 0 atom stereocenters. The van der Waals surface area contributed by atoms with Gasteiger partial charge in [-0.15, -0.1) is 0 Å². The van der Waals surface area contributed by atoms with Crippen LogP contribution >= 0.6 is 0 Å². The van der Waals surface area contributed by atoms with E-state index >= 15 is 4.39 Å². The summed E-state index contributed by atoms with van der Waals surface area (Å²) in [5, 5.41) is 0. The molecule has 0 heterocycles. The molecule has 1 aliphatic rings. The Bertz CT molecular complexity index is 752. The van der Waals surface area contributed by atoms with Gasteiger partial charge in [0.1, 0.15) is 5.82 Å². The van der Waals surface area contributed by atoms with E-state index in [0.29, 0.717) is 5.92 Å². The van der Waals surface area contributed by atoms with Crippen LogP contribution in [0.1, 0.15) is 113 Å². The molecule has 0 nitrogen and oxygen atoms in total. The number of halogens is 1. The summed E-state index contributed by atoms with van der Waals surface area (Å²) in [4.78, 5) is 0. The maximum absolute atomic E-state index is 15.3. The number of hydrogen-bond donors (Lipinski definition) is 0. The normalized spacial score (nSPS) is 18.9. The van der Waals surface area contributed by atoms with Gasteiger partial charge in [-0.2, -0.15) is 0 Å². The molecule has 1 fully saturated rings. The molecule has 0 amide bonds. The molecular weight excluding hydrogens is 379 g/mol. The third kappa shape index (κ3) is 7.48. The van der Waals surface area contributed by atoms with Gasteiger partial charge in [0, 0.05) is 0 Å². The second-order valence-electron chi connectivity index (χ2n) is 9.81. The zero-order valence-corrected chi connectivity index (χ0v) is 20.0. The summed E-state index contributed by atoms with van der Waals surface area (Å²) in [6.07, 6.45) is 17.0. The summed E-state index contributed by atoms with van der Waals surface area (Å²) >= 11 is 0. The molecule has 1 saturated carbocycles. The second-order valence-corrected chi connectivity index (χ2v) is 9.81. The molecule has 0 saturated heterocycles. The van der Waals surface area contributed by atoms with Gasteiger partial charge in [0.2, 0.25) is 0 Å². The predicted molar refractivity (Wildman–Crippen MR) is 132 cm³/mol. The van der Waals surface area contributed by atoms with Gasteiger partial charge in [-0.05, 0) is 85.5 Å². The van der Waals surface area contributed by atoms with E-state index < -0.39 is 0 Å². The lowest BCUT2D eigenvalue weighted by atomic mass is 9.76. The lowest BCUT2D eigenvalue weighted by Gasteiger charge is -2.29. The molecule has 0 aliphatic heterocycles. The summed E-state index contributed by atoms with van der Waals surface area (Å²) in [5.74, 6) is 1.37. The third-order valence-electron chi connectivity index (χ3n) is 7.39. The topological polar surface area (TPSA) is 0 Å². The van der Waals surface area contributed by atoms with Gasteiger partial charge >= 0.3 is 0 Å². The molecule has 0 aromatic heterocycles. The summed E-state index contributed by atoms with van der Waals surface area (Å²) in [7, 11) is 0. The van der Waals surface area contributed by atoms with E-state index in [0.717, 1.165) is 42.7 Å². The van der Waals surface area contributed by atoms with Crippen LogP contribution < -0.4 is 0 Å². The maximum Gasteiger partial charge on any atom is 0.129 e. The molecule has 0 N–H and O–H groups in total. The first-order chi connectivity index (χ1) is 15.2. The van der Waals surface area contributed by atoms with Crippen LogP contribution in [0.3, 0.4) is 0 Å². The summed E-state index contributed by atoms with van der Waals surface area (Å²) in [6.45, 7) is 4.52. The minimum Gasteiger partial charge on any atom is -0.206 e. The number of benzene rings is 2. The highest BCUT2D eigenvalue weighted by Crippen LogP contribution is 2.39. The van der Waals surface area contributed by atoms with Gasteiger partial charge in [-0.1, -0.05) is 94.8 Å². The molecule has 0 radical (unpaired) electrons. The highest BCUT2D eigenvalue weighted by Gasteiger charge is 2.24. The molecule has 2 aromatic rings. The molecular formula is C30H43F. The van der Waals surface area contributed by atoms with Gasteiger partial charge in [-0.3, -0.25) is 0 Å². The Hall–Kier alpha value is -1.63. The van der Waals surface area contributed by atoms with Crippen molar-refractivity contribution in [3.8, 4) is 0 Å². The Labute approximate surface area is 190 Å². The molecule has 3 rings (SSSR count). The van der Waals surface area contributed by atoms with Crippen LogP contribution in [0.4, 0.5) is 4.39 Å². The SMILES string of the molecule is CCCCCc1ccc(CCc2cccc([C@H]3CC[C@H](CCCCC)CC3)c2F)cc1. The van der Waals surface area contributed by atoms with Crippen molar-refractivity contribution < 1.29 is 4.39 Å². The predicted octanol–water partition coefficient (Wildman–Crippen LogP) is 9.20. The smallest absolute Gasteiger partial charge is 0.129 e. The number of aryl methyl sites for hydroxylation is 3. The van der Waals surface area contributed by atoms with Crippen molar-refractivity contribution in [3.05, 3.63) is 70.5 Å². The van der Waals surface area contributed by atoms with Crippen molar-refractivity contribution in [3.63, 3.8) is 0 Å². The number of hydrogen-bond acceptors (Lipinski definition) is 0. The van der Waals surface area contributed by atoms with Gasteiger partial charge in [-0.25, -0.2) is 4.39 Å². The zero-order valence-electron chi connectivity index (χ0n) is 20.0. The Balaban J connectivity index is 1.52. The zero-order chi connectivity index (χ0) is 21.9. The van der Waals surface area contributed by atoms with E-state index in [1.807, 2.05) is 12.1 Å². The van der Waals surface area contributed by atoms with Gasteiger partial charge in [0.05, 0.1) is 0 Å². The fraction of sp³-hybridized carbons (Fsp3) is 0.600. The third-order valence-corrected chi connectivity index (χ3v) is 7.39. The average molecular weight is 423 g/mol. The summed E-state index contributed by atoms with van der Waals surface area (Å²) in [5.41, 5.74) is 4.62. The first kappa shape index (κ1) is 24.0. The standard InChI is InChI=1S/C30H43F/c1-3-5-7-10-24-14-16-26(17-15-24)20-23-28-12-9-13-29(30(28)31)27-21-18-25(19-22-27)11-8-6-4-2/h9,12-17,25,27H,3-8,10-11,18-23H2,1-2H3/t25-,27-. The molecule has 31 heavy (non-hydrogen) atoms. The van der Waals surface area contributed by atoms with Crippen LogP contribution in [0.2, 0.25) is 0 Å². The second kappa shape index (κ2) is 13.0. The van der Waals surface area contributed by atoms with Crippen molar-refractivity contribution in [2.24, 2.45) is 5.92 Å². The van der Waals surface area contributed by atoms with Crippen LogP contribution in [-0.4, -0.2) is 0 Å². The molecule has 2 aromatic carbocycles. The Morgan fingerprint density at radius 2 is 1.35 bits per heavy atom. The lowest BCUT2D eigenvalue weighted by Crippen LogP contribution is -2.15. The molecule has 0 spiro atoms. The van der Waals surface area contributed by atoms with E-state index in [1.54, 1.807) is 0 Å². The monoisotopic (exact) mass is 422 g/mol. The fourth-order valence-corrected chi connectivity index (χ4v) is 5.28. The Morgan fingerprint density at radius 1 is 0.710 bits per heavy atom. The van der Waals surface area contributed by atoms with Crippen LogP contribution in [0.25, 0.3) is 0 Å². The Kier molecular flexibility index (Phi) is 10.1. The quantitative estimate of drug-likeness (QED) is 0.299. The molecule has 1 heteroatoms.